The van der Waals surface area contributed by atoms with Crippen molar-refractivity contribution in [1.82, 2.24) is 10.6 Å². The highest BCUT2D eigenvalue weighted by Crippen LogP contribution is 2.15. The van der Waals surface area contributed by atoms with E-state index in [1.807, 2.05) is 25.1 Å². The Balaban J connectivity index is 2.01. The lowest BCUT2D eigenvalue weighted by Gasteiger charge is -2.18. The topological polar surface area (TPSA) is 58.2 Å². The fraction of sp³-hybridized carbons (Fsp3) is 0.500. The molecule has 1 heterocycles. The van der Waals surface area contributed by atoms with Crippen molar-refractivity contribution in [1.29, 1.82) is 0 Å². The van der Waals surface area contributed by atoms with Gasteiger partial charge in [-0.15, -0.1) is 0 Å². The summed E-state index contributed by atoms with van der Waals surface area (Å²) in [6, 6.07) is 5.85. The molecule has 0 radical (unpaired) electrons. The molecule has 4 nitrogen and oxygen atoms in total. The number of nitrogens with one attached hydrogen (secondary N) is 2. The first-order chi connectivity index (χ1) is 9.08. The van der Waals surface area contributed by atoms with E-state index in [4.69, 9.17) is 0 Å². The molecule has 1 aromatic rings. The van der Waals surface area contributed by atoms with E-state index in [2.05, 4.69) is 10.6 Å². The van der Waals surface area contributed by atoms with Gasteiger partial charge in [-0.25, -0.2) is 0 Å². The number of amides is 1. The fourth-order valence-corrected chi connectivity index (χ4v) is 2.40. The summed E-state index contributed by atoms with van der Waals surface area (Å²) in [5, 5.41) is 6.11. The normalized spacial score (nSPS) is 17.4. The monoisotopic (exact) mass is 280 g/mol. The van der Waals surface area contributed by atoms with Crippen molar-refractivity contribution in [2.24, 2.45) is 0 Å². The smallest absolute Gasteiger partial charge is 0.251 e. The maximum absolute atomic E-state index is 12.0. The third-order valence-electron chi connectivity index (χ3n) is 3.47. The number of carbonyl (C=O) groups excluding carboxylic acids is 1. The van der Waals surface area contributed by atoms with Crippen LogP contribution in [0.1, 0.15) is 28.4 Å². The quantitative estimate of drug-likeness (QED) is 0.859. The third kappa shape index (κ3) is 3.64. The van der Waals surface area contributed by atoms with Crippen LogP contribution in [0, 0.1) is 0 Å². The lowest BCUT2D eigenvalue weighted by molar-refractivity contribution is 0.0954. The van der Waals surface area contributed by atoms with Crippen LogP contribution in [0.15, 0.2) is 18.2 Å². The number of fused-ring (bicyclic) bond motifs is 1. The molecule has 0 bridgehead atoms. The van der Waals surface area contributed by atoms with Gasteiger partial charge in [-0.05, 0) is 43.1 Å². The molecule has 2 atom stereocenters. The van der Waals surface area contributed by atoms with Crippen LogP contribution >= 0.6 is 0 Å². The minimum Gasteiger partial charge on any atom is -0.351 e. The zero-order chi connectivity index (χ0) is 13.8. The zero-order valence-electron chi connectivity index (χ0n) is 11.4. The Kier molecular flexibility index (Phi) is 4.71. The third-order valence-corrected chi connectivity index (χ3v) is 4.77. The van der Waals surface area contributed by atoms with Gasteiger partial charge in [0.05, 0.1) is 0 Å². The zero-order valence-corrected chi connectivity index (χ0v) is 12.2. The Morgan fingerprint density at radius 3 is 3.00 bits per heavy atom. The van der Waals surface area contributed by atoms with Crippen molar-refractivity contribution in [2.45, 2.75) is 25.1 Å². The molecule has 5 heteroatoms. The molecule has 0 fully saturated rings. The van der Waals surface area contributed by atoms with Crippen molar-refractivity contribution in [3.05, 3.63) is 34.9 Å². The van der Waals surface area contributed by atoms with Crippen molar-refractivity contribution in [2.75, 3.05) is 19.3 Å². The summed E-state index contributed by atoms with van der Waals surface area (Å²) in [6.07, 6.45) is 2.67. The van der Waals surface area contributed by atoms with Gasteiger partial charge >= 0.3 is 0 Å². The molecule has 0 aromatic heterocycles. The highest BCUT2D eigenvalue weighted by molar-refractivity contribution is 7.84. The van der Waals surface area contributed by atoms with Gasteiger partial charge < -0.3 is 10.6 Å². The lowest BCUT2D eigenvalue weighted by Crippen LogP contribution is -2.33. The van der Waals surface area contributed by atoms with Crippen LogP contribution < -0.4 is 10.6 Å². The van der Waals surface area contributed by atoms with Gasteiger partial charge in [-0.2, -0.15) is 0 Å². The summed E-state index contributed by atoms with van der Waals surface area (Å²) in [5.74, 6) is -0.0920. The number of hydrogen-bond acceptors (Lipinski definition) is 3. The summed E-state index contributed by atoms with van der Waals surface area (Å²) in [4.78, 5) is 12.0. The SMILES string of the molecule is CC(CNC(=O)c1ccc2c(c1)CNCC2)S(C)=O. The van der Waals surface area contributed by atoms with E-state index < -0.39 is 10.8 Å². The number of hydrogen-bond donors (Lipinski definition) is 2. The molecule has 0 aliphatic carbocycles. The van der Waals surface area contributed by atoms with E-state index in [1.54, 1.807) is 6.26 Å². The standard InChI is InChI=1S/C14H20N2O2S/c1-10(19(2)18)8-16-14(17)12-4-3-11-5-6-15-9-13(11)7-12/h3-4,7,10,15H,5-6,8-9H2,1-2H3,(H,16,17). The second-order valence-corrected chi connectivity index (χ2v) is 6.73. The second kappa shape index (κ2) is 6.30. The number of carbonyl (C=O) groups is 1. The molecule has 1 amide bonds. The molecule has 1 aromatic carbocycles. The average molecular weight is 280 g/mol. The minimum absolute atomic E-state index is 0.0248. The summed E-state index contributed by atoms with van der Waals surface area (Å²) < 4.78 is 11.2. The highest BCUT2D eigenvalue weighted by Gasteiger charge is 2.13. The first-order valence-electron chi connectivity index (χ1n) is 6.51. The van der Waals surface area contributed by atoms with Crippen LogP contribution in [-0.2, 0) is 23.8 Å². The Hall–Kier alpha value is -1.20. The molecular formula is C14H20N2O2S. The van der Waals surface area contributed by atoms with E-state index in [-0.39, 0.29) is 11.2 Å². The predicted molar refractivity (Wildman–Crippen MR) is 77.7 cm³/mol. The van der Waals surface area contributed by atoms with Gasteiger partial charge in [-0.1, -0.05) is 6.07 Å². The Morgan fingerprint density at radius 1 is 1.47 bits per heavy atom. The van der Waals surface area contributed by atoms with Crippen LogP contribution in [0.5, 0.6) is 0 Å². The molecule has 1 aliphatic rings. The molecule has 0 saturated heterocycles. The molecule has 0 spiro atoms. The molecule has 1 aliphatic heterocycles. The van der Waals surface area contributed by atoms with Gasteiger partial charge in [-0.3, -0.25) is 9.00 Å². The molecule has 2 N–H and O–H groups in total. The van der Waals surface area contributed by atoms with E-state index in [9.17, 15) is 9.00 Å². The summed E-state index contributed by atoms with van der Waals surface area (Å²) in [7, 11) is -0.910. The van der Waals surface area contributed by atoms with Crippen LogP contribution in [0.25, 0.3) is 0 Å². The second-order valence-electron chi connectivity index (χ2n) is 4.93. The molecule has 2 rings (SSSR count). The van der Waals surface area contributed by atoms with Crippen LogP contribution in [0.3, 0.4) is 0 Å². The van der Waals surface area contributed by atoms with Crippen LogP contribution in [0.2, 0.25) is 0 Å². The molecule has 19 heavy (non-hydrogen) atoms. The predicted octanol–water partition coefficient (Wildman–Crippen LogP) is 0.829. The first-order valence-corrected chi connectivity index (χ1v) is 8.13. The van der Waals surface area contributed by atoms with E-state index in [0.717, 1.165) is 19.5 Å². The number of rotatable bonds is 4. The lowest BCUT2D eigenvalue weighted by atomic mass is 9.98. The van der Waals surface area contributed by atoms with Gasteiger partial charge in [0.1, 0.15) is 0 Å². The average Bonchev–Trinajstić information content (AvgIpc) is 2.43. The van der Waals surface area contributed by atoms with E-state index in [1.165, 1.54) is 11.1 Å². The Bertz CT molecular complexity index is 502. The van der Waals surface area contributed by atoms with Crippen LogP contribution in [-0.4, -0.2) is 34.7 Å². The molecular weight excluding hydrogens is 260 g/mol. The summed E-state index contributed by atoms with van der Waals surface area (Å²) in [5.41, 5.74) is 3.20. The minimum atomic E-state index is -0.910. The van der Waals surface area contributed by atoms with Crippen molar-refractivity contribution in [3.8, 4) is 0 Å². The summed E-state index contributed by atoms with van der Waals surface area (Å²) >= 11 is 0. The van der Waals surface area contributed by atoms with Gasteiger partial charge in [0.2, 0.25) is 0 Å². The maximum atomic E-state index is 12.0. The molecule has 2 unspecified atom stereocenters. The molecule has 104 valence electrons. The van der Waals surface area contributed by atoms with E-state index >= 15 is 0 Å². The summed E-state index contributed by atoms with van der Waals surface area (Å²) in [6.45, 7) is 4.13. The van der Waals surface area contributed by atoms with Crippen molar-refractivity contribution < 1.29 is 9.00 Å². The van der Waals surface area contributed by atoms with Crippen molar-refractivity contribution >= 4 is 16.7 Å². The largest absolute Gasteiger partial charge is 0.351 e. The first kappa shape index (κ1) is 14.2. The van der Waals surface area contributed by atoms with Crippen LogP contribution in [0.4, 0.5) is 0 Å². The highest BCUT2D eigenvalue weighted by atomic mass is 32.2. The Morgan fingerprint density at radius 2 is 2.26 bits per heavy atom. The van der Waals surface area contributed by atoms with E-state index in [0.29, 0.717) is 12.1 Å². The number of benzene rings is 1. The van der Waals surface area contributed by atoms with Gasteiger partial charge in [0.15, 0.2) is 0 Å². The fourth-order valence-electron chi connectivity index (χ4n) is 2.08. The maximum Gasteiger partial charge on any atom is 0.251 e. The van der Waals surface area contributed by atoms with Gasteiger partial charge in [0, 0.05) is 41.0 Å². The molecule has 0 saturated carbocycles. The van der Waals surface area contributed by atoms with Crippen molar-refractivity contribution in [3.63, 3.8) is 0 Å². The van der Waals surface area contributed by atoms with Gasteiger partial charge in [0.25, 0.3) is 5.91 Å². The Labute approximate surface area is 116 Å².